The van der Waals surface area contributed by atoms with Crippen LogP contribution < -0.4 is 5.32 Å². The normalized spacial score (nSPS) is 12.8. The molecule has 38 heavy (non-hydrogen) atoms. The van der Waals surface area contributed by atoms with Gasteiger partial charge in [0.15, 0.2) is 0 Å². The largest absolute Gasteiger partial charge is 0.457 e. The molecule has 0 fully saturated rings. The number of nitrogens with one attached hydrogen (secondary N) is 1. The number of hydrogen-bond donors (Lipinski definition) is 1. The molecule has 0 unspecified atom stereocenters. The minimum Gasteiger partial charge on any atom is -0.457 e. The van der Waals surface area contributed by atoms with E-state index in [4.69, 9.17) is 20.6 Å². The summed E-state index contributed by atoms with van der Waals surface area (Å²) in [5.74, 6) is -2.88. The Bertz CT molecular complexity index is 1170. The smallest absolute Gasteiger partial charge is 0.345 e. The first kappa shape index (κ1) is 27.8. The van der Waals surface area contributed by atoms with Gasteiger partial charge in [-0.1, -0.05) is 60.7 Å². The van der Waals surface area contributed by atoms with Crippen molar-refractivity contribution in [3.63, 3.8) is 0 Å². The summed E-state index contributed by atoms with van der Waals surface area (Å²) in [7, 11) is 0. The van der Waals surface area contributed by atoms with Crippen LogP contribution in [0.5, 0.6) is 0 Å². The van der Waals surface area contributed by atoms with Gasteiger partial charge in [-0.2, -0.15) is 0 Å². The molecule has 0 saturated carbocycles. The zero-order chi connectivity index (χ0) is 27.3. The lowest BCUT2D eigenvalue weighted by molar-refractivity contribution is -0.145. The Hall–Kier alpha value is -4.75. The fourth-order valence-electron chi connectivity index (χ4n) is 3.38. The third-order valence-corrected chi connectivity index (χ3v) is 5.26. The third kappa shape index (κ3) is 7.62. The number of carbonyl (C=O) groups excluding carboxylic acids is 5. The summed E-state index contributed by atoms with van der Waals surface area (Å²) >= 11 is 0. The van der Waals surface area contributed by atoms with Crippen LogP contribution >= 0.6 is 0 Å². The molecule has 0 spiro atoms. The predicted octanol–water partition coefficient (Wildman–Crippen LogP) is 1.29. The summed E-state index contributed by atoms with van der Waals surface area (Å²) < 4.78 is 15.6. The van der Waals surface area contributed by atoms with Crippen LogP contribution in [-0.2, 0) is 51.4 Å². The van der Waals surface area contributed by atoms with Gasteiger partial charge in [0, 0.05) is 13.0 Å². The van der Waals surface area contributed by atoms with Crippen molar-refractivity contribution in [3.8, 4) is 12.3 Å². The molecule has 0 atom stereocenters. The van der Waals surface area contributed by atoms with E-state index in [1.54, 1.807) is 60.7 Å². The minimum atomic E-state index is -1.18. The van der Waals surface area contributed by atoms with Gasteiger partial charge in [-0.15, -0.1) is 12.3 Å². The Morgan fingerprint density at radius 2 is 1.29 bits per heavy atom. The molecular weight excluding hydrogens is 492 g/mol. The van der Waals surface area contributed by atoms with Crippen LogP contribution in [0.25, 0.3) is 0 Å². The summed E-state index contributed by atoms with van der Waals surface area (Å²) in [5.41, 5.74) is -0.303. The number of amides is 3. The quantitative estimate of drug-likeness (QED) is 0.138. The lowest BCUT2D eigenvalue weighted by atomic mass is 10.1. The molecule has 0 saturated heterocycles. The number of imide groups is 1. The monoisotopic (exact) mass is 518 g/mol. The Morgan fingerprint density at radius 3 is 1.76 bits per heavy atom. The van der Waals surface area contributed by atoms with Gasteiger partial charge in [-0.25, -0.2) is 9.59 Å². The first-order valence-electron chi connectivity index (χ1n) is 11.7. The van der Waals surface area contributed by atoms with E-state index in [9.17, 15) is 24.0 Å². The number of nitrogens with zero attached hydrogens (tertiary/aromatic N) is 1. The highest BCUT2D eigenvalue weighted by Gasteiger charge is 2.47. The Kier molecular flexibility index (Phi) is 10.3. The van der Waals surface area contributed by atoms with Gasteiger partial charge < -0.3 is 19.5 Å². The summed E-state index contributed by atoms with van der Waals surface area (Å²) in [5, 5.41) is 2.50. The molecule has 2 aromatic carbocycles. The molecule has 10 nitrogen and oxygen atoms in total. The van der Waals surface area contributed by atoms with E-state index >= 15 is 0 Å². The van der Waals surface area contributed by atoms with E-state index in [1.807, 2.05) is 0 Å². The van der Waals surface area contributed by atoms with E-state index in [0.717, 1.165) is 0 Å². The molecule has 3 rings (SSSR count). The molecule has 1 aliphatic heterocycles. The standard InChI is InChI=1S/C28H26N2O8/c1-2-3-15-36-16-14-29-22(31)17-30-25(32)23(27(34)37-18-20-10-6-4-7-11-20)24(26(30)33)28(35)38-19-21-12-8-5-9-13-21/h1,4-13H,3,14-19H2,(H,29,31). The summed E-state index contributed by atoms with van der Waals surface area (Å²) in [4.78, 5) is 64.7. The maximum absolute atomic E-state index is 13.1. The second-order valence-electron chi connectivity index (χ2n) is 7.99. The van der Waals surface area contributed by atoms with Crippen LogP contribution in [0, 0.1) is 12.3 Å². The molecule has 1 N–H and O–H groups in total. The molecule has 1 aliphatic rings. The fraction of sp³-hybridized carbons (Fsp3) is 0.250. The van der Waals surface area contributed by atoms with Gasteiger partial charge in [0.25, 0.3) is 11.8 Å². The van der Waals surface area contributed by atoms with Crippen LogP contribution in [0.4, 0.5) is 0 Å². The summed E-state index contributed by atoms with van der Waals surface area (Å²) in [6.07, 6.45) is 5.55. The van der Waals surface area contributed by atoms with E-state index in [1.165, 1.54) is 0 Å². The number of carbonyl (C=O) groups is 5. The zero-order valence-electron chi connectivity index (χ0n) is 20.5. The maximum Gasteiger partial charge on any atom is 0.345 e. The molecular formula is C28H26N2O8. The zero-order valence-corrected chi connectivity index (χ0v) is 20.5. The van der Waals surface area contributed by atoms with Crippen molar-refractivity contribution in [1.29, 1.82) is 0 Å². The molecule has 2 aromatic rings. The van der Waals surface area contributed by atoms with Gasteiger partial charge in [-0.05, 0) is 11.1 Å². The number of ether oxygens (including phenoxy) is 3. The number of esters is 2. The van der Waals surface area contributed by atoms with Gasteiger partial charge in [0.2, 0.25) is 5.91 Å². The SMILES string of the molecule is C#CCCOCCNC(=O)CN1C(=O)C(C(=O)OCc2ccccc2)=C(C(=O)OCc2ccccc2)C1=O. The van der Waals surface area contributed by atoms with Gasteiger partial charge in [0.1, 0.15) is 30.9 Å². The highest BCUT2D eigenvalue weighted by molar-refractivity contribution is 6.38. The van der Waals surface area contributed by atoms with Crippen LogP contribution in [0.15, 0.2) is 71.8 Å². The van der Waals surface area contributed by atoms with Crippen LogP contribution in [-0.4, -0.2) is 60.9 Å². The number of benzene rings is 2. The van der Waals surface area contributed by atoms with E-state index in [2.05, 4.69) is 11.2 Å². The third-order valence-electron chi connectivity index (χ3n) is 5.26. The van der Waals surface area contributed by atoms with E-state index < -0.39 is 47.4 Å². The van der Waals surface area contributed by atoms with Crippen molar-refractivity contribution in [1.82, 2.24) is 10.2 Å². The Labute approximate surface area is 219 Å². The van der Waals surface area contributed by atoms with Gasteiger partial charge >= 0.3 is 11.9 Å². The topological polar surface area (TPSA) is 128 Å². The van der Waals surface area contributed by atoms with Gasteiger partial charge in [0.05, 0.1) is 13.2 Å². The second-order valence-corrected chi connectivity index (χ2v) is 7.99. The number of hydrogen-bond acceptors (Lipinski definition) is 8. The summed E-state index contributed by atoms with van der Waals surface area (Å²) in [6.45, 7) is -0.518. The van der Waals surface area contributed by atoms with Crippen LogP contribution in [0.1, 0.15) is 17.5 Å². The van der Waals surface area contributed by atoms with Gasteiger partial charge in [-0.3, -0.25) is 19.3 Å². The number of terminal acetylenes is 1. The lowest BCUT2D eigenvalue weighted by Crippen LogP contribution is -2.42. The van der Waals surface area contributed by atoms with Crippen molar-refractivity contribution in [2.45, 2.75) is 19.6 Å². The average molecular weight is 519 g/mol. The van der Waals surface area contributed by atoms with Crippen LogP contribution in [0.2, 0.25) is 0 Å². The molecule has 10 heteroatoms. The van der Waals surface area contributed by atoms with E-state index in [0.29, 0.717) is 29.1 Å². The predicted molar refractivity (Wildman–Crippen MR) is 134 cm³/mol. The highest BCUT2D eigenvalue weighted by atomic mass is 16.5. The molecule has 0 radical (unpaired) electrons. The van der Waals surface area contributed by atoms with E-state index in [-0.39, 0.29) is 26.4 Å². The van der Waals surface area contributed by atoms with Crippen molar-refractivity contribution >= 4 is 29.7 Å². The second kappa shape index (κ2) is 14.1. The molecule has 0 aliphatic carbocycles. The molecule has 0 bridgehead atoms. The molecule has 1 heterocycles. The maximum atomic E-state index is 13.1. The molecule has 196 valence electrons. The highest BCUT2D eigenvalue weighted by Crippen LogP contribution is 2.24. The molecule has 3 amide bonds. The van der Waals surface area contributed by atoms with Crippen LogP contribution in [0.3, 0.4) is 0 Å². The first-order chi connectivity index (χ1) is 18.4. The lowest BCUT2D eigenvalue weighted by Gasteiger charge is -2.14. The average Bonchev–Trinajstić information content (AvgIpc) is 3.18. The van der Waals surface area contributed by atoms with Crippen molar-refractivity contribution in [3.05, 3.63) is 82.9 Å². The Morgan fingerprint density at radius 1 is 0.789 bits per heavy atom. The Balaban J connectivity index is 1.71. The number of rotatable bonds is 13. The van der Waals surface area contributed by atoms with Crippen molar-refractivity contribution in [2.24, 2.45) is 0 Å². The first-order valence-corrected chi connectivity index (χ1v) is 11.7. The summed E-state index contributed by atoms with van der Waals surface area (Å²) in [6, 6.07) is 17.3. The minimum absolute atomic E-state index is 0.102. The van der Waals surface area contributed by atoms with Crippen molar-refractivity contribution in [2.75, 3.05) is 26.3 Å². The molecule has 0 aromatic heterocycles. The fourth-order valence-corrected chi connectivity index (χ4v) is 3.38. The van der Waals surface area contributed by atoms with Crippen molar-refractivity contribution < 1.29 is 38.2 Å².